The van der Waals surface area contributed by atoms with E-state index in [1.165, 1.54) is 12.8 Å². The zero-order valence-corrected chi connectivity index (χ0v) is 12.5. The van der Waals surface area contributed by atoms with Crippen LogP contribution < -0.4 is 5.73 Å². The van der Waals surface area contributed by atoms with E-state index in [2.05, 4.69) is 41.9 Å². The molecule has 3 heteroatoms. The number of hydrogen-bond donors (Lipinski definition) is 1. The lowest BCUT2D eigenvalue weighted by atomic mass is 9.94. The molecule has 2 N–H and O–H groups in total. The van der Waals surface area contributed by atoms with E-state index >= 15 is 0 Å². The van der Waals surface area contributed by atoms with Gasteiger partial charge in [-0.05, 0) is 40.4 Å². The summed E-state index contributed by atoms with van der Waals surface area (Å²) >= 11 is 3.50. The number of hydrogen-bond acceptors (Lipinski definition) is 2. The second-order valence-electron chi connectivity index (χ2n) is 4.83. The maximum Gasteiger partial charge on any atom is 0.148 e. The molecule has 2 rings (SSSR count). The fraction of sp³-hybridized carbons (Fsp3) is 0.467. The number of para-hydroxylation sites is 1. The summed E-state index contributed by atoms with van der Waals surface area (Å²) in [4.78, 5) is 0. The summed E-state index contributed by atoms with van der Waals surface area (Å²) in [6.45, 7) is 4.44. The van der Waals surface area contributed by atoms with Crippen molar-refractivity contribution in [1.82, 2.24) is 0 Å². The number of furan rings is 1. The first-order valence-corrected chi connectivity index (χ1v) is 7.38. The molecule has 18 heavy (non-hydrogen) atoms. The first kappa shape index (κ1) is 13.6. The molecule has 0 saturated carbocycles. The standard InChI is InChI=1S/C15H20BrNO/c1-3-10(4-2)8-13(17)14-9-11-6-5-7-12(16)15(11)18-14/h5-7,9-10,13H,3-4,8,17H2,1-2H3. The SMILES string of the molecule is CCC(CC)CC(N)c1cc2cccc(Br)c2o1. The molecule has 0 amide bonds. The number of rotatable bonds is 5. The van der Waals surface area contributed by atoms with Gasteiger partial charge in [-0.15, -0.1) is 0 Å². The predicted octanol–water partition coefficient (Wildman–Crippen LogP) is 5.02. The number of halogens is 1. The number of fused-ring (bicyclic) bond motifs is 1. The van der Waals surface area contributed by atoms with Gasteiger partial charge in [0.05, 0.1) is 10.5 Å². The maximum absolute atomic E-state index is 6.25. The van der Waals surface area contributed by atoms with Gasteiger partial charge < -0.3 is 10.2 Å². The van der Waals surface area contributed by atoms with Crippen molar-refractivity contribution in [3.8, 4) is 0 Å². The van der Waals surface area contributed by atoms with Crippen molar-refractivity contribution in [2.75, 3.05) is 0 Å². The Morgan fingerprint density at radius 2 is 2.00 bits per heavy atom. The van der Waals surface area contributed by atoms with Gasteiger partial charge in [0.25, 0.3) is 0 Å². The van der Waals surface area contributed by atoms with Crippen molar-refractivity contribution in [3.05, 3.63) is 34.5 Å². The van der Waals surface area contributed by atoms with Crippen LogP contribution in [-0.2, 0) is 0 Å². The van der Waals surface area contributed by atoms with E-state index in [0.717, 1.165) is 27.6 Å². The second kappa shape index (κ2) is 5.89. The number of nitrogens with two attached hydrogens (primary N) is 1. The van der Waals surface area contributed by atoms with E-state index in [1.807, 2.05) is 12.1 Å². The van der Waals surface area contributed by atoms with Gasteiger partial charge in [0, 0.05) is 5.39 Å². The van der Waals surface area contributed by atoms with E-state index in [4.69, 9.17) is 10.2 Å². The average Bonchev–Trinajstić information content (AvgIpc) is 2.81. The highest BCUT2D eigenvalue weighted by atomic mass is 79.9. The Hall–Kier alpha value is -0.800. The summed E-state index contributed by atoms with van der Waals surface area (Å²) in [5.74, 6) is 1.57. The molecule has 0 radical (unpaired) electrons. The first-order chi connectivity index (χ1) is 8.65. The fourth-order valence-corrected chi connectivity index (χ4v) is 2.79. The van der Waals surface area contributed by atoms with Crippen LogP contribution in [0.15, 0.2) is 33.2 Å². The quantitative estimate of drug-likeness (QED) is 0.842. The van der Waals surface area contributed by atoms with Crippen molar-refractivity contribution in [2.24, 2.45) is 11.7 Å². The van der Waals surface area contributed by atoms with Gasteiger partial charge in [-0.1, -0.05) is 38.8 Å². The lowest BCUT2D eigenvalue weighted by molar-refractivity contribution is 0.379. The molecule has 1 aromatic carbocycles. The largest absolute Gasteiger partial charge is 0.458 e. The van der Waals surface area contributed by atoms with Crippen molar-refractivity contribution in [3.63, 3.8) is 0 Å². The molecule has 0 saturated heterocycles. The fourth-order valence-electron chi connectivity index (χ4n) is 2.33. The van der Waals surface area contributed by atoms with Crippen LogP contribution in [0.2, 0.25) is 0 Å². The van der Waals surface area contributed by atoms with Crippen molar-refractivity contribution >= 4 is 26.9 Å². The zero-order valence-electron chi connectivity index (χ0n) is 10.9. The molecule has 0 aliphatic carbocycles. The third-order valence-electron chi connectivity index (χ3n) is 3.62. The molecule has 1 aromatic heterocycles. The average molecular weight is 310 g/mol. The summed E-state index contributed by atoms with van der Waals surface area (Å²) < 4.78 is 6.87. The van der Waals surface area contributed by atoms with Gasteiger partial charge in [0.2, 0.25) is 0 Å². The van der Waals surface area contributed by atoms with E-state index in [0.29, 0.717) is 5.92 Å². The Balaban J connectivity index is 2.23. The Kier molecular flexibility index (Phi) is 4.46. The minimum absolute atomic E-state index is 0.00537. The molecule has 1 unspecified atom stereocenters. The van der Waals surface area contributed by atoms with Crippen LogP contribution >= 0.6 is 15.9 Å². The van der Waals surface area contributed by atoms with Crippen LogP contribution in [0.25, 0.3) is 11.0 Å². The van der Waals surface area contributed by atoms with Crippen LogP contribution in [0.3, 0.4) is 0 Å². The van der Waals surface area contributed by atoms with Crippen LogP contribution in [0.4, 0.5) is 0 Å². The maximum atomic E-state index is 6.25. The monoisotopic (exact) mass is 309 g/mol. The van der Waals surface area contributed by atoms with Crippen LogP contribution in [0.1, 0.15) is 44.9 Å². The summed E-state index contributed by atoms with van der Waals surface area (Å²) in [5.41, 5.74) is 7.15. The van der Waals surface area contributed by atoms with Gasteiger partial charge in [0.1, 0.15) is 11.3 Å². The predicted molar refractivity (Wildman–Crippen MR) is 79.5 cm³/mol. The lowest BCUT2D eigenvalue weighted by Crippen LogP contribution is -2.14. The van der Waals surface area contributed by atoms with Crippen molar-refractivity contribution in [2.45, 2.75) is 39.2 Å². The van der Waals surface area contributed by atoms with E-state index in [-0.39, 0.29) is 6.04 Å². The second-order valence-corrected chi connectivity index (χ2v) is 5.69. The van der Waals surface area contributed by atoms with Crippen LogP contribution in [-0.4, -0.2) is 0 Å². The molecule has 1 atom stereocenters. The summed E-state index contributed by atoms with van der Waals surface area (Å²) in [7, 11) is 0. The molecule has 2 nitrogen and oxygen atoms in total. The third kappa shape index (κ3) is 2.78. The Morgan fingerprint density at radius 1 is 1.28 bits per heavy atom. The van der Waals surface area contributed by atoms with Gasteiger partial charge in [-0.2, -0.15) is 0 Å². The van der Waals surface area contributed by atoms with Crippen LogP contribution in [0, 0.1) is 5.92 Å². The van der Waals surface area contributed by atoms with Crippen molar-refractivity contribution < 1.29 is 4.42 Å². The third-order valence-corrected chi connectivity index (χ3v) is 4.25. The molecule has 0 fully saturated rings. The zero-order chi connectivity index (χ0) is 13.1. The molecule has 0 aliphatic rings. The van der Waals surface area contributed by atoms with Crippen molar-refractivity contribution in [1.29, 1.82) is 0 Å². The number of benzene rings is 1. The highest BCUT2D eigenvalue weighted by molar-refractivity contribution is 9.10. The van der Waals surface area contributed by atoms with Gasteiger partial charge >= 0.3 is 0 Å². The summed E-state index contributed by atoms with van der Waals surface area (Å²) in [6, 6.07) is 8.11. The molecular weight excluding hydrogens is 290 g/mol. The Bertz CT molecular complexity index is 516. The highest BCUT2D eigenvalue weighted by Gasteiger charge is 2.16. The molecule has 0 aliphatic heterocycles. The first-order valence-electron chi connectivity index (χ1n) is 6.59. The van der Waals surface area contributed by atoms with E-state index in [1.54, 1.807) is 0 Å². The topological polar surface area (TPSA) is 39.2 Å². The van der Waals surface area contributed by atoms with Gasteiger partial charge in [-0.25, -0.2) is 0 Å². The molecule has 0 spiro atoms. The highest BCUT2D eigenvalue weighted by Crippen LogP contribution is 2.31. The Labute approximate surface area is 117 Å². The molecule has 1 heterocycles. The molecule has 2 aromatic rings. The minimum Gasteiger partial charge on any atom is -0.458 e. The van der Waals surface area contributed by atoms with E-state index in [9.17, 15) is 0 Å². The van der Waals surface area contributed by atoms with Crippen LogP contribution in [0.5, 0.6) is 0 Å². The minimum atomic E-state index is -0.00537. The van der Waals surface area contributed by atoms with E-state index < -0.39 is 0 Å². The normalized spacial score (nSPS) is 13.4. The van der Waals surface area contributed by atoms with Gasteiger partial charge in [-0.3, -0.25) is 0 Å². The smallest absolute Gasteiger partial charge is 0.148 e. The van der Waals surface area contributed by atoms with Gasteiger partial charge in [0.15, 0.2) is 0 Å². The summed E-state index contributed by atoms with van der Waals surface area (Å²) in [5, 5.41) is 1.11. The molecule has 0 bridgehead atoms. The summed E-state index contributed by atoms with van der Waals surface area (Å²) in [6.07, 6.45) is 3.34. The Morgan fingerprint density at radius 3 is 2.61 bits per heavy atom. The molecular formula is C15H20BrNO. The molecule has 98 valence electrons. The lowest BCUT2D eigenvalue weighted by Gasteiger charge is -2.16.